The van der Waals surface area contributed by atoms with Gasteiger partial charge in [0.2, 0.25) is 5.91 Å². The number of rotatable bonds is 3. The average Bonchev–Trinajstić information content (AvgIpc) is 3.12. The third-order valence-corrected chi connectivity index (χ3v) is 4.04. The fraction of sp³-hybridized carbons (Fsp3) is 0.533. The van der Waals surface area contributed by atoms with Crippen LogP contribution in [-0.4, -0.2) is 31.6 Å². The molecule has 2 N–H and O–H groups in total. The average molecular weight is 277 g/mol. The molecule has 5 heteroatoms. The number of halogens is 1. The highest BCUT2D eigenvalue weighted by Crippen LogP contribution is 2.26. The normalized spacial score (nSPS) is 22.2. The molecule has 4 nitrogen and oxygen atoms in total. The Labute approximate surface area is 118 Å². The van der Waals surface area contributed by atoms with E-state index < -0.39 is 0 Å². The van der Waals surface area contributed by atoms with E-state index >= 15 is 0 Å². The second kappa shape index (κ2) is 5.79. The van der Waals surface area contributed by atoms with E-state index in [2.05, 4.69) is 15.5 Å². The lowest BCUT2D eigenvalue weighted by atomic mass is 10.2. The van der Waals surface area contributed by atoms with Gasteiger partial charge in [0.15, 0.2) is 0 Å². The fourth-order valence-electron chi connectivity index (χ4n) is 2.94. The van der Waals surface area contributed by atoms with Crippen LogP contribution in [-0.2, 0) is 4.79 Å². The molecule has 2 fully saturated rings. The van der Waals surface area contributed by atoms with Gasteiger partial charge in [-0.25, -0.2) is 4.39 Å². The quantitative estimate of drug-likeness (QED) is 0.889. The molecule has 0 aliphatic carbocycles. The molecule has 2 aliphatic heterocycles. The molecule has 3 rings (SSSR count). The summed E-state index contributed by atoms with van der Waals surface area (Å²) in [5.74, 6) is -0.333. The third-order valence-electron chi connectivity index (χ3n) is 4.04. The highest BCUT2D eigenvalue weighted by atomic mass is 19.1. The Morgan fingerprint density at radius 2 is 2.10 bits per heavy atom. The molecule has 0 bridgehead atoms. The largest absolute Gasteiger partial charge is 0.369 e. The van der Waals surface area contributed by atoms with E-state index in [0.29, 0.717) is 11.4 Å². The lowest BCUT2D eigenvalue weighted by Gasteiger charge is -2.19. The van der Waals surface area contributed by atoms with Crippen LogP contribution in [0.4, 0.5) is 15.8 Å². The van der Waals surface area contributed by atoms with Crippen LogP contribution in [0.2, 0.25) is 0 Å². The fourth-order valence-corrected chi connectivity index (χ4v) is 2.94. The molecule has 1 atom stereocenters. The number of benzene rings is 1. The van der Waals surface area contributed by atoms with Gasteiger partial charge < -0.3 is 15.5 Å². The van der Waals surface area contributed by atoms with Crippen molar-refractivity contribution < 1.29 is 9.18 Å². The maximum absolute atomic E-state index is 14.1. The predicted molar refractivity (Wildman–Crippen MR) is 77.5 cm³/mol. The van der Waals surface area contributed by atoms with Gasteiger partial charge in [0.1, 0.15) is 5.82 Å². The number of hydrogen-bond acceptors (Lipinski definition) is 3. The van der Waals surface area contributed by atoms with Crippen LogP contribution in [0.5, 0.6) is 0 Å². The first kappa shape index (κ1) is 13.4. The van der Waals surface area contributed by atoms with Crippen LogP contribution < -0.4 is 15.5 Å². The van der Waals surface area contributed by atoms with Crippen molar-refractivity contribution in [1.29, 1.82) is 0 Å². The summed E-state index contributed by atoms with van der Waals surface area (Å²) in [5, 5.41) is 5.92. The Morgan fingerprint density at radius 1 is 1.30 bits per heavy atom. The number of nitrogens with one attached hydrogen (secondary N) is 2. The van der Waals surface area contributed by atoms with Crippen molar-refractivity contribution in [2.24, 2.45) is 0 Å². The van der Waals surface area contributed by atoms with Crippen LogP contribution in [0.15, 0.2) is 18.2 Å². The van der Waals surface area contributed by atoms with Gasteiger partial charge in [0, 0.05) is 18.8 Å². The summed E-state index contributed by atoms with van der Waals surface area (Å²) in [4.78, 5) is 14.0. The minimum atomic E-state index is -0.260. The molecule has 1 amide bonds. The third kappa shape index (κ3) is 2.77. The van der Waals surface area contributed by atoms with Crippen molar-refractivity contribution in [3.05, 3.63) is 24.0 Å². The Balaban J connectivity index is 1.68. The van der Waals surface area contributed by atoms with Gasteiger partial charge in [-0.3, -0.25) is 4.79 Å². The summed E-state index contributed by atoms with van der Waals surface area (Å²) >= 11 is 0. The van der Waals surface area contributed by atoms with Gasteiger partial charge >= 0.3 is 0 Å². The molecule has 0 aromatic heterocycles. The number of nitrogens with zero attached hydrogens (tertiary/aromatic N) is 1. The zero-order valence-electron chi connectivity index (χ0n) is 11.5. The molecule has 0 saturated carbocycles. The van der Waals surface area contributed by atoms with E-state index in [0.717, 1.165) is 45.3 Å². The SMILES string of the molecule is O=C(Nc1ccc(N2CCCC2)c(F)c1)C1CCCN1. The maximum atomic E-state index is 14.1. The molecule has 2 heterocycles. The van der Waals surface area contributed by atoms with Crippen molar-refractivity contribution in [2.75, 3.05) is 29.9 Å². The first-order valence-corrected chi connectivity index (χ1v) is 7.33. The van der Waals surface area contributed by atoms with Gasteiger partial charge in [-0.1, -0.05) is 0 Å². The van der Waals surface area contributed by atoms with E-state index in [-0.39, 0.29) is 17.8 Å². The molecular weight excluding hydrogens is 257 g/mol. The summed E-state index contributed by atoms with van der Waals surface area (Å²) in [6.07, 6.45) is 4.09. The zero-order valence-corrected chi connectivity index (χ0v) is 11.5. The topological polar surface area (TPSA) is 44.4 Å². The molecule has 2 aliphatic rings. The van der Waals surface area contributed by atoms with Crippen molar-refractivity contribution in [2.45, 2.75) is 31.7 Å². The van der Waals surface area contributed by atoms with Crippen LogP contribution in [0.25, 0.3) is 0 Å². The van der Waals surface area contributed by atoms with Gasteiger partial charge in [-0.15, -0.1) is 0 Å². The Kier molecular flexibility index (Phi) is 3.87. The van der Waals surface area contributed by atoms with E-state index in [1.54, 1.807) is 12.1 Å². The first-order chi connectivity index (χ1) is 9.74. The van der Waals surface area contributed by atoms with E-state index in [1.165, 1.54) is 6.07 Å². The number of amides is 1. The van der Waals surface area contributed by atoms with Gasteiger partial charge in [-0.05, 0) is 50.4 Å². The smallest absolute Gasteiger partial charge is 0.241 e. The number of carbonyl (C=O) groups is 1. The van der Waals surface area contributed by atoms with Crippen molar-refractivity contribution in [3.63, 3.8) is 0 Å². The van der Waals surface area contributed by atoms with E-state index in [4.69, 9.17) is 0 Å². The molecule has 20 heavy (non-hydrogen) atoms. The summed E-state index contributed by atoms with van der Waals surface area (Å²) in [6, 6.07) is 4.82. The number of carbonyl (C=O) groups excluding carboxylic acids is 1. The Bertz CT molecular complexity index is 494. The monoisotopic (exact) mass is 277 g/mol. The zero-order chi connectivity index (χ0) is 13.9. The second-order valence-electron chi connectivity index (χ2n) is 5.50. The highest BCUT2D eigenvalue weighted by molar-refractivity contribution is 5.95. The van der Waals surface area contributed by atoms with Crippen molar-refractivity contribution >= 4 is 17.3 Å². The van der Waals surface area contributed by atoms with Crippen LogP contribution >= 0.6 is 0 Å². The summed E-state index contributed by atoms with van der Waals surface area (Å²) in [6.45, 7) is 2.70. The summed E-state index contributed by atoms with van der Waals surface area (Å²) < 4.78 is 14.1. The van der Waals surface area contributed by atoms with Crippen LogP contribution in [0.1, 0.15) is 25.7 Å². The lowest BCUT2D eigenvalue weighted by molar-refractivity contribution is -0.117. The molecule has 0 radical (unpaired) electrons. The minimum absolute atomic E-state index is 0.0733. The first-order valence-electron chi connectivity index (χ1n) is 7.33. The highest BCUT2D eigenvalue weighted by Gasteiger charge is 2.22. The Hall–Kier alpha value is -1.62. The molecule has 108 valence electrons. The van der Waals surface area contributed by atoms with E-state index in [1.807, 2.05) is 0 Å². The predicted octanol–water partition coefficient (Wildman–Crippen LogP) is 2.12. The summed E-state index contributed by atoms with van der Waals surface area (Å²) in [5.41, 5.74) is 1.17. The maximum Gasteiger partial charge on any atom is 0.241 e. The molecule has 0 spiro atoms. The standard InChI is InChI=1S/C15H20FN3O/c16-12-10-11(18-15(20)13-4-3-7-17-13)5-6-14(12)19-8-1-2-9-19/h5-6,10,13,17H,1-4,7-9H2,(H,18,20). The number of hydrogen-bond donors (Lipinski definition) is 2. The molecule has 1 unspecified atom stereocenters. The molecule has 2 saturated heterocycles. The van der Waals surface area contributed by atoms with Crippen molar-refractivity contribution in [1.82, 2.24) is 5.32 Å². The molecular formula is C15H20FN3O. The van der Waals surface area contributed by atoms with Crippen LogP contribution in [0.3, 0.4) is 0 Å². The van der Waals surface area contributed by atoms with Gasteiger partial charge in [0.25, 0.3) is 0 Å². The molecule has 1 aromatic rings. The van der Waals surface area contributed by atoms with Gasteiger partial charge in [-0.2, -0.15) is 0 Å². The van der Waals surface area contributed by atoms with E-state index in [9.17, 15) is 9.18 Å². The lowest BCUT2D eigenvalue weighted by Crippen LogP contribution is -2.35. The second-order valence-corrected chi connectivity index (χ2v) is 5.50. The van der Waals surface area contributed by atoms with Crippen LogP contribution in [0, 0.1) is 5.82 Å². The Morgan fingerprint density at radius 3 is 2.75 bits per heavy atom. The molecule has 1 aromatic carbocycles. The van der Waals surface area contributed by atoms with Crippen molar-refractivity contribution in [3.8, 4) is 0 Å². The van der Waals surface area contributed by atoms with Gasteiger partial charge in [0.05, 0.1) is 11.7 Å². The summed E-state index contributed by atoms with van der Waals surface area (Å²) in [7, 11) is 0. The minimum Gasteiger partial charge on any atom is -0.369 e. The number of anilines is 2.